The minimum absolute atomic E-state index is 0.0902. The first-order chi connectivity index (χ1) is 12.5. The topological polar surface area (TPSA) is 85.2 Å². The second-order valence-corrected chi connectivity index (χ2v) is 10.2. The fourth-order valence-electron chi connectivity index (χ4n) is 4.08. The first-order valence-corrected chi connectivity index (χ1v) is 10.0. The van der Waals surface area contributed by atoms with Gasteiger partial charge >= 0.3 is 5.97 Å². The lowest BCUT2D eigenvalue weighted by molar-refractivity contribution is -0.320. The zero-order valence-corrected chi connectivity index (χ0v) is 19.0. The van der Waals surface area contributed by atoms with Gasteiger partial charge in [-0.05, 0) is 26.7 Å². The highest BCUT2D eigenvalue weighted by Crippen LogP contribution is 2.58. The quantitative estimate of drug-likeness (QED) is 0.433. The Hall–Kier alpha value is -0.950. The Morgan fingerprint density at radius 2 is 1.57 bits per heavy atom. The molecule has 6 heteroatoms. The molecule has 1 fully saturated rings. The van der Waals surface area contributed by atoms with Gasteiger partial charge in [-0.2, -0.15) is 0 Å². The lowest BCUT2D eigenvalue weighted by atomic mass is 9.50. The van der Waals surface area contributed by atoms with E-state index in [4.69, 9.17) is 14.2 Å². The summed E-state index contributed by atoms with van der Waals surface area (Å²) in [6.07, 6.45) is -1.76. The van der Waals surface area contributed by atoms with Gasteiger partial charge in [-0.3, -0.25) is 0 Å². The molecule has 2 N–H and O–H groups in total. The van der Waals surface area contributed by atoms with Gasteiger partial charge in [-0.25, -0.2) is 4.79 Å². The summed E-state index contributed by atoms with van der Waals surface area (Å²) in [5.74, 6) is -0.398. The molecule has 0 bridgehead atoms. The number of rotatable bonds is 10. The highest BCUT2D eigenvalue weighted by Gasteiger charge is 2.65. The van der Waals surface area contributed by atoms with Crippen LogP contribution in [0.2, 0.25) is 0 Å². The Morgan fingerprint density at radius 3 is 2.00 bits per heavy atom. The smallest absolute Gasteiger partial charge is 0.333 e. The SMILES string of the molecule is C=C(C)C(=O)OCC(O)C(C)(C)OC1C(C)(C)C(OCC(O)C(C)C)C1(C)C. The Kier molecular flexibility index (Phi) is 7.90. The van der Waals surface area contributed by atoms with Crippen molar-refractivity contribution in [2.45, 2.75) is 92.3 Å². The average molecular weight is 401 g/mol. The number of aliphatic hydroxyl groups is 2. The number of hydrogen-bond acceptors (Lipinski definition) is 6. The zero-order chi connectivity index (χ0) is 22.1. The molecule has 0 aromatic carbocycles. The van der Waals surface area contributed by atoms with Gasteiger partial charge in [0, 0.05) is 16.4 Å². The average Bonchev–Trinajstić information content (AvgIpc) is 2.56. The second-order valence-electron chi connectivity index (χ2n) is 10.2. The molecule has 1 saturated carbocycles. The van der Waals surface area contributed by atoms with Crippen molar-refractivity contribution in [1.29, 1.82) is 0 Å². The van der Waals surface area contributed by atoms with Crippen LogP contribution in [0.5, 0.6) is 0 Å². The second kappa shape index (κ2) is 8.82. The maximum Gasteiger partial charge on any atom is 0.333 e. The standard InChI is InChI=1S/C22H40O6/c1-13(2)15(23)11-27-18-20(5,6)19(21(18,7)8)28-22(9,10)16(24)12-26-17(25)14(3)4/h13,15-16,18-19,23-24H,3,11-12H2,1-2,4-10H3. The van der Waals surface area contributed by atoms with E-state index >= 15 is 0 Å². The highest BCUT2D eigenvalue weighted by molar-refractivity contribution is 5.86. The Morgan fingerprint density at radius 1 is 1.07 bits per heavy atom. The molecule has 0 spiro atoms. The molecule has 0 saturated heterocycles. The van der Waals surface area contributed by atoms with E-state index < -0.39 is 23.8 Å². The first-order valence-electron chi connectivity index (χ1n) is 10.0. The van der Waals surface area contributed by atoms with Crippen molar-refractivity contribution in [2.24, 2.45) is 16.7 Å². The molecule has 2 unspecified atom stereocenters. The lowest BCUT2D eigenvalue weighted by Crippen LogP contribution is -2.71. The van der Waals surface area contributed by atoms with E-state index in [-0.39, 0.29) is 47.7 Å². The van der Waals surface area contributed by atoms with Crippen molar-refractivity contribution in [1.82, 2.24) is 0 Å². The van der Waals surface area contributed by atoms with Gasteiger partial charge in [0.05, 0.1) is 30.5 Å². The van der Waals surface area contributed by atoms with Crippen LogP contribution in [0.25, 0.3) is 0 Å². The summed E-state index contributed by atoms with van der Waals surface area (Å²) >= 11 is 0. The Labute approximate surface area is 170 Å². The van der Waals surface area contributed by atoms with Crippen molar-refractivity contribution in [3.63, 3.8) is 0 Å². The van der Waals surface area contributed by atoms with Crippen LogP contribution in [0.4, 0.5) is 0 Å². The molecule has 1 rings (SSSR count). The number of carbonyl (C=O) groups excluding carboxylic acids is 1. The molecule has 1 aliphatic rings. The van der Waals surface area contributed by atoms with Crippen molar-refractivity contribution >= 4 is 5.97 Å². The maximum atomic E-state index is 11.6. The van der Waals surface area contributed by atoms with E-state index in [9.17, 15) is 15.0 Å². The van der Waals surface area contributed by atoms with Crippen LogP contribution in [-0.4, -0.2) is 59.4 Å². The van der Waals surface area contributed by atoms with E-state index in [1.54, 1.807) is 20.8 Å². The normalized spacial score (nSPS) is 25.7. The zero-order valence-electron chi connectivity index (χ0n) is 19.0. The summed E-state index contributed by atoms with van der Waals surface area (Å²) in [5, 5.41) is 20.6. The van der Waals surface area contributed by atoms with E-state index in [1.807, 2.05) is 13.8 Å². The summed E-state index contributed by atoms with van der Waals surface area (Å²) in [5.41, 5.74) is -1.23. The molecule has 164 valence electrons. The third-order valence-electron chi connectivity index (χ3n) is 5.85. The number of esters is 1. The summed E-state index contributed by atoms with van der Waals surface area (Å²) in [4.78, 5) is 11.6. The van der Waals surface area contributed by atoms with E-state index in [0.717, 1.165) is 0 Å². The van der Waals surface area contributed by atoms with Crippen molar-refractivity contribution in [2.75, 3.05) is 13.2 Å². The molecule has 2 atom stereocenters. The largest absolute Gasteiger partial charge is 0.459 e. The molecule has 1 aliphatic carbocycles. The monoisotopic (exact) mass is 400 g/mol. The van der Waals surface area contributed by atoms with E-state index in [0.29, 0.717) is 0 Å². The molecule has 0 amide bonds. The number of carbonyl (C=O) groups is 1. The molecule has 0 aromatic heterocycles. The fraction of sp³-hybridized carbons (Fsp3) is 0.864. The van der Waals surface area contributed by atoms with Crippen LogP contribution >= 0.6 is 0 Å². The van der Waals surface area contributed by atoms with Crippen molar-refractivity contribution < 1.29 is 29.2 Å². The molecular weight excluding hydrogens is 360 g/mol. The third kappa shape index (κ3) is 5.35. The summed E-state index contributed by atoms with van der Waals surface area (Å²) in [6.45, 7) is 21.0. The number of ether oxygens (including phenoxy) is 3. The summed E-state index contributed by atoms with van der Waals surface area (Å²) in [6, 6.07) is 0. The van der Waals surface area contributed by atoms with Gasteiger partial charge in [0.25, 0.3) is 0 Å². The van der Waals surface area contributed by atoms with Crippen LogP contribution in [0.1, 0.15) is 62.3 Å². The predicted octanol–water partition coefficient (Wildman–Crippen LogP) is 3.10. The van der Waals surface area contributed by atoms with Gasteiger partial charge in [0.1, 0.15) is 12.7 Å². The molecular formula is C22H40O6. The predicted molar refractivity (Wildman–Crippen MR) is 109 cm³/mol. The van der Waals surface area contributed by atoms with Gasteiger partial charge in [-0.15, -0.1) is 0 Å². The van der Waals surface area contributed by atoms with Crippen LogP contribution < -0.4 is 0 Å². The Balaban J connectivity index is 2.76. The van der Waals surface area contributed by atoms with Crippen molar-refractivity contribution in [3.8, 4) is 0 Å². The summed E-state index contributed by atoms with van der Waals surface area (Å²) < 4.78 is 17.5. The fourth-order valence-corrected chi connectivity index (χ4v) is 4.08. The van der Waals surface area contributed by atoms with E-state index in [1.165, 1.54) is 0 Å². The summed E-state index contributed by atoms with van der Waals surface area (Å²) in [7, 11) is 0. The third-order valence-corrected chi connectivity index (χ3v) is 5.85. The van der Waals surface area contributed by atoms with Crippen LogP contribution in [0, 0.1) is 16.7 Å². The van der Waals surface area contributed by atoms with Crippen LogP contribution in [-0.2, 0) is 19.0 Å². The van der Waals surface area contributed by atoms with E-state index in [2.05, 4.69) is 34.3 Å². The number of aliphatic hydroxyl groups excluding tert-OH is 2. The van der Waals surface area contributed by atoms with Crippen molar-refractivity contribution in [3.05, 3.63) is 12.2 Å². The molecule has 6 nitrogen and oxygen atoms in total. The number of hydrogen-bond donors (Lipinski definition) is 2. The molecule has 0 radical (unpaired) electrons. The molecule has 28 heavy (non-hydrogen) atoms. The highest BCUT2D eigenvalue weighted by atomic mass is 16.6. The van der Waals surface area contributed by atoms with Gasteiger partial charge < -0.3 is 24.4 Å². The van der Waals surface area contributed by atoms with Crippen LogP contribution in [0.15, 0.2) is 12.2 Å². The molecule has 0 aliphatic heterocycles. The van der Waals surface area contributed by atoms with Gasteiger partial charge in [0.15, 0.2) is 0 Å². The lowest BCUT2D eigenvalue weighted by Gasteiger charge is -2.64. The van der Waals surface area contributed by atoms with Gasteiger partial charge in [-0.1, -0.05) is 48.1 Å². The van der Waals surface area contributed by atoms with Gasteiger partial charge in [0.2, 0.25) is 0 Å². The molecule has 0 aromatic rings. The minimum atomic E-state index is -0.981. The maximum absolute atomic E-state index is 11.6. The molecule has 0 heterocycles. The minimum Gasteiger partial charge on any atom is -0.459 e. The van der Waals surface area contributed by atoms with Crippen LogP contribution in [0.3, 0.4) is 0 Å². The Bertz CT molecular complexity index is 547. The first kappa shape index (κ1) is 25.1.